The zero-order valence-electron chi connectivity index (χ0n) is 16.8. The number of ether oxygens (including phenoxy) is 1. The maximum atomic E-state index is 12.9. The van der Waals surface area contributed by atoms with E-state index in [4.69, 9.17) is 16.3 Å². The molecule has 164 valence electrons. The Morgan fingerprint density at radius 3 is 2.37 bits per heavy atom. The van der Waals surface area contributed by atoms with Crippen molar-refractivity contribution in [3.63, 3.8) is 0 Å². The first kappa shape index (κ1) is 22.9. The van der Waals surface area contributed by atoms with E-state index in [0.29, 0.717) is 43.4 Å². The predicted octanol–water partition coefficient (Wildman–Crippen LogP) is 4.62. The highest BCUT2D eigenvalue weighted by atomic mass is 35.5. The summed E-state index contributed by atoms with van der Waals surface area (Å²) in [6.07, 6.45) is -5.14. The Balaban J connectivity index is 1.43. The molecule has 1 fully saturated rings. The average molecular weight is 443 g/mol. The minimum Gasteiger partial charge on any atom is -0.389 e. The summed E-state index contributed by atoms with van der Waals surface area (Å²) in [5, 5.41) is 11.0. The maximum Gasteiger partial charge on any atom is 0.416 e. The fourth-order valence-electron chi connectivity index (χ4n) is 3.50. The lowest BCUT2D eigenvalue weighted by Crippen LogP contribution is -2.49. The van der Waals surface area contributed by atoms with Crippen molar-refractivity contribution in [2.24, 2.45) is 0 Å². The molecule has 1 saturated heterocycles. The van der Waals surface area contributed by atoms with Crippen LogP contribution in [0.5, 0.6) is 0 Å². The van der Waals surface area contributed by atoms with Crippen LogP contribution in [0.3, 0.4) is 0 Å². The number of aliphatic hydroxyl groups is 1. The third-order valence-electron chi connectivity index (χ3n) is 5.26. The second-order valence-corrected chi connectivity index (χ2v) is 7.95. The number of aliphatic hydroxyl groups excluding tert-OH is 1. The number of piperazine rings is 1. The highest BCUT2D eigenvalue weighted by Crippen LogP contribution is 2.31. The summed E-state index contributed by atoms with van der Waals surface area (Å²) < 4.78 is 44.5. The highest BCUT2D eigenvalue weighted by molar-refractivity contribution is 6.30. The zero-order chi connectivity index (χ0) is 21.7. The number of benzene rings is 2. The highest BCUT2D eigenvalue weighted by Gasteiger charge is 2.31. The van der Waals surface area contributed by atoms with Crippen LogP contribution >= 0.6 is 11.6 Å². The van der Waals surface area contributed by atoms with Crippen LogP contribution in [0.25, 0.3) is 0 Å². The van der Waals surface area contributed by atoms with Crippen molar-refractivity contribution in [1.29, 1.82) is 0 Å². The summed E-state index contributed by atoms with van der Waals surface area (Å²) in [5.41, 5.74) is 0.927. The third-order valence-corrected chi connectivity index (χ3v) is 5.51. The van der Waals surface area contributed by atoms with Crippen LogP contribution in [-0.4, -0.2) is 55.4 Å². The molecule has 0 bridgehead atoms. The lowest BCUT2D eigenvalue weighted by Gasteiger charge is -2.37. The van der Waals surface area contributed by atoms with Gasteiger partial charge in [0.05, 0.1) is 24.4 Å². The summed E-state index contributed by atoms with van der Waals surface area (Å²) in [6, 6.07) is 12.8. The number of rotatable bonds is 7. The summed E-state index contributed by atoms with van der Waals surface area (Å²) in [4.78, 5) is 4.04. The van der Waals surface area contributed by atoms with Gasteiger partial charge in [0.2, 0.25) is 0 Å². The Bertz CT molecular complexity index is 809. The van der Waals surface area contributed by atoms with E-state index < -0.39 is 17.8 Å². The van der Waals surface area contributed by atoms with Crippen molar-refractivity contribution in [3.8, 4) is 0 Å². The molecular weight excluding hydrogens is 417 g/mol. The first-order chi connectivity index (χ1) is 14.2. The number of hydrogen-bond donors (Lipinski definition) is 1. The Morgan fingerprint density at radius 2 is 1.73 bits per heavy atom. The van der Waals surface area contributed by atoms with Gasteiger partial charge in [0.1, 0.15) is 0 Å². The second kappa shape index (κ2) is 10.0. The monoisotopic (exact) mass is 442 g/mol. The zero-order valence-corrected chi connectivity index (χ0v) is 17.5. The van der Waals surface area contributed by atoms with Crippen molar-refractivity contribution in [2.45, 2.75) is 25.3 Å². The largest absolute Gasteiger partial charge is 0.416 e. The van der Waals surface area contributed by atoms with Gasteiger partial charge in [0.15, 0.2) is 0 Å². The normalized spacial score (nSPS) is 17.7. The van der Waals surface area contributed by atoms with Crippen LogP contribution in [-0.2, 0) is 10.9 Å². The Hall–Kier alpha value is -1.80. The second-order valence-electron chi connectivity index (χ2n) is 7.52. The molecule has 3 rings (SSSR count). The van der Waals surface area contributed by atoms with E-state index in [-0.39, 0.29) is 12.7 Å². The fraction of sp³-hybridized carbons (Fsp3) is 0.455. The number of hydrogen-bond acceptors (Lipinski definition) is 4. The molecule has 1 aliphatic heterocycles. The fourth-order valence-corrected chi connectivity index (χ4v) is 3.63. The van der Waals surface area contributed by atoms with Gasteiger partial charge in [-0.25, -0.2) is 0 Å². The number of halogens is 4. The molecule has 1 N–H and O–H groups in total. The molecular formula is C22H26ClF3N2O2. The van der Waals surface area contributed by atoms with Gasteiger partial charge < -0.3 is 14.7 Å². The molecule has 30 heavy (non-hydrogen) atoms. The van der Waals surface area contributed by atoms with Crippen LogP contribution in [0.2, 0.25) is 5.02 Å². The molecule has 2 atom stereocenters. The van der Waals surface area contributed by atoms with E-state index in [1.54, 1.807) is 18.2 Å². The number of alkyl halides is 3. The molecule has 0 radical (unpaired) electrons. The van der Waals surface area contributed by atoms with Gasteiger partial charge in [-0.3, -0.25) is 4.90 Å². The van der Waals surface area contributed by atoms with E-state index in [1.807, 2.05) is 24.0 Å². The molecule has 0 unspecified atom stereocenters. The van der Waals surface area contributed by atoms with Gasteiger partial charge in [-0.1, -0.05) is 29.8 Å². The standard InChI is InChI=1S/C22H26ClF3N2O2/c1-16(17-5-7-19(23)8-6-17)30-15-21(29)14-27-9-11-28(12-10-27)20-4-2-3-18(13-20)22(24,25)26/h2-8,13,16,21,29H,9-12,14-15H2,1H3/t16-,21+/m1/s1. The molecule has 0 spiro atoms. The summed E-state index contributed by atoms with van der Waals surface area (Å²) in [5.74, 6) is 0. The average Bonchev–Trinajstić information content (AvgIpc) is 2.72. The van der Waals surface area contributed by atoms with Crippen molar-refractivity contribution in [1.82, 2.24) is 4.90 Å². The SMILES string of the molecule is C[C@@H](OC[C@@H](O)CN1CCN(c2cccc(C(F)(F)F)c2)CC1)c1ccc(Cl)cc1. The van der Waals surface area contributed by atoms with Crippen LogP contribution in [0.15, 0.2) is 48.5 Å². The van der Waals surface area contributed by atoms with Gasteiger partial charge in [-0.2, -0.15) is 13.2 Å². The van der Waals surface area contributed by atoms with E-state index in [1.165, 1.54) is 12.1 Å². The molecule has 2 aromatic rings. The van der Waals surface area contributed by atoms with Gasteiger partial charge >= 0.3 is 6.18 Å². The number of anilines is 1. The first-order valence-electron chi connectivity index (χ1n) is 9.92. The smallest absolute Gasteiger partial charge is 0.389 e. The quantitative estimate of drug-likeness (QED) is 0.678. The van der Waals surface area contributed by atoms with Gasteiger partial charge in [-0.15, -0.1) is 0 Å². The Kier molecular flexibility index (Phi) is 7.63. The summed E-state index contributed by atoms with van der Waals surface area (Å²) in [6.45, 7) is 5.14. The molecule has 0 aliphatic carbocycles. The number of nitrogens with zero attached hydrogens (tertiary/aromatic N) is 2. The van der Waals surface area contributed by atoms with Crippen molar-refractivity contribution in [3.05, 3.63) is 64.7 Å². The summed E-state index contributed by atoms with van der Waals surface area (Å²) >= 11 is 5.89. The number of β-amino-alcohol motifs (C(OH)–C–C–N with tert-alkyl or cyclic N) is 1. The lowest BCUT2D eigenvalue weighted by molar-refractivity contribution is -0.137. The molecule has 2 aromatic carbocycles. The van der Waals surface area contributed by atoms with Crippen molar-refractivity contribution < 1.29 is 23.0 Å². The first-order valence-corrected chi connectivity index (χ1v) is 10.3. The van der Waals surface area contributed by atoms with Crippen LogP contribution in [0.4, 0.5) is 18.9 Å². The molecule has 4 nitrogen and oxygen atoms in total. The van der Waals surface area contributed by atoms with Gasteiger partial charge in [0, 0.05) is 43.4 Å². The third kappa shape index (κ3) is 6.35. The predicted molar refractivity (Wildman–Crippen MR) is 112 cm³/mol. The minimum absolute atomic E-state index is 0.158. The van der Waals surface area contributed by atoms with Crippen LogP contribution < -0.4 is 4.90 Å². The van der Waals surface area contributed by atoms with E-state index in [0.717, 1.165) is 11.6 Å². The van der Waals surface area contributed by atoms with Crippen molar-refractivity contribution >= 4 is 17.3 Å². The van der Waals surface area contributed by atoms with E-state index in [9.17, 15) is 18.3 Å². The minimum atomic E-state index is -4.34. The van der Waals surface area contributed by atoms with E-state index >= 15 is 0 Å². The molecule has 0 saturated carbocycles. The maximum absolute atomic E-state index is 12.9. The van der Waals surface area contributed by atoms with Crippen LogP contribution in [0.1, 0.15) is 24.2 Å². The van der Waals surface area contributed by atoms with E-state index in [2.05, 4.69) is 4.90 Å². The molecule has 1 aliphatic rings. The van der Waals surface area contributed by atoms with Crippen LogP contribution in [0, 0.1) is 0 Å². The molecule has 1 heterocycles. The lowest BCUT2D eigenvalue weighted by atomic mass is 10.1. The Morgan fingerprint density at radius 1 is 1.07 bits per heavy atom. The molecule has 8 heteroatoms. The Labute approximate surface area is 179 Å². The molecule has 0 aromatic heterocycles. The topological polar surface area (TPSA) is 35.9 Å². The van der Waals surface area contributed by atoms with Gasteiger partial charge in [0.25, 0.3) is 0 Å². The molecule has 0 amide bonds. The van der Waals surface area contributed by atoms with Gasteiger partial charge in [-0.05, 0) is 42.8 Å². The van der Waals surface area contributed by atoms with Crippen molar-refractivity contribution in [2.75, 3.05) is 44.2 Å². The summed E-state index contributed by atoms with van der Waals surface area (Å²) in [7, 11) is 0.